The second kappa shape index (κ2) is 5.32. The molecule has 3 nitrogen and oxygen atoms in total. The number of carbonyl (C=O) groups is 1. The molecule has 104 valence electrons. The molecule has 3 rings (SSSR count). The Labute approximate surface area is 121 Å². The Bertz CT molecular complexity index is 825. The fourth-order valence-electron chi connectivity index (χ4n) is 2.23. The molecule has 0 radical (unpaired) electrons. The van der Waals surface area contributed by atoms with Gasteiger partial charge in [-0.15, -0.1) is 0 Å². The van der Waals surface area contributed by atoms with Crippen LogP contribution >= 0.6 is 0 Å². The second-order valence-corrected chi connectivity index (χ2v) is 4.84. The van der Waals surface area contributed by atoms with Gasteiger partial charge in [-0.3, -0.25) is 9.78 Å². The predicted octanol–water partition coefficient (Wildman–Crippen LogP) is 3.93. The molecule has 0 saturated carbocycles. The summed E-state index contributed by atoms with van der Waals surface area (Å²) in [5.41, 5.74) is 1.52. The standard InChI is InChI=1S/C17H13FN2O/c1-11-5-6-15(18)14(9-11)17(21)20-16-4-2-3-12-10-19-8-7-13(12)16/h2-10H,1H3,(H,20,21). The topological polar surface area (TPSA) is 42.0 Å². The molecule has 0 aliphatic heterocycles. The number of hydrogen-bond acceptors (Lipinski definition) is 2. The minimum atomic E-state index is -0.528. The summed E-state index contributed by atoms with van der Waals surface area (Å²) in [5.74, 6) is -0.986. The first-order valence-electron chi connectivity index (χ1n) is 6.55. The number of aromatic nitrogens is 1. The van der Waals surface area contributed by atoms with Gasteiger partial charge >= 0.3 is 0 Å². The molecule has 1 N–H and O–H groups in total. The summed E-state index contributed by atoms with van der Waals surface area (Å²) < 4.78 is 13.8. The number of aryl methyl sites for hydroxylation is 1. The van der Waals surface area contributed by atoms with Gasteiger partial charge in [0.2, 0.25) is 0 Å². The second-order valence-electron chi connectivity index (χ2n) is 4.84. The Morgan fingerprint density at radius 3 is 2.90 bits per heavy atom. The van der Waals surface area contributed by atoms with Gasteiger partial charge in [-0.1, -0.05) is 23.8 Å². The fourth-order valence-corrected chi connectivity index (χ4v) is 2.23. The monoisotopic (exact) mass is 280 g/mol. The highest BCUT2D eigenvalue weighted by Gasteiger charge is 2.13. The van der Waals surface area contributed by atoms with E-state index in [2.05, 4.69) is 10.3 Å². The lowest BCUT2D eigenvalue weighted by Gasteiger charge is -2.09. The molecule has 21 heavy (non-hydrogen) atoms. The first-order chi connectivity index (χ1) is 10.1. The van der Waals surface area contributed by atoms with E-state index >= 15 is 0 Å². The third kappa shape index (κ3) is 2.60. The number of anilines is 1. The molecule has 3 aromatic rings. The summed E-state index contributed by atoms with van der Waals surface area (Å²) in [6, 6.07) is 11.8. The van der Waals surface area contributed by atoms with Crippen LogP contribution in [0.1, 0.15) is 15.9 Å². The number of halogens is 1. The quantitative estimate of drug-likeness (QED) is 0.772. The molecule has 1 heterocycles. The molecular formula is C17H13FN2O. The maximum Gasteiger partial charge on any atom is 0.258 e. The van der Waals surface area contributed by atoms with Crippen LogP contribution in [-0.4, -0.2) is 10.9 Å². The van der Waals surface area contributed by atoms with E-state index in [0.717, 1.165) is 16.3 Å². The van der Waals surface area contributed by atoms with E-state index in [4.69, 9.17) is 0 Å². The van der Waals surface area contributed by atoms with Crippen LogP contribution in [0, 0.1) is 12.7 Å². The largest absolute Gasteiger partial charge is 0.321 e. The van der Waals surface area contributed by atoms with Gasteiger partial charge in [0, 0.05) is 28.9 Å². The van der Waals surface area contributed by atoms with E-state index < -0.39 is 11.7 Å². The molecule has 0 atom stereocenters. The normalized spacial score (nSPS) is 10.6. The molecule has 0 saturated heterocycles. The SMILES string of the molecule is Cc1ccc(F)c(C(=O)Nc2cccc3cnccc23)c1. The van der Waals surface area contributed by atoms with Gasteiger partial charge in [0.15, 0.2) is 0 Å². The highest BCUT2D eigenvalue weighted by molar-refractivity contribution is 6.09. The first-order valence-corrected chi connectivity index (χ1v) is 6.55. The zero-order valence-electron chi connectivity index (χ0n) is 11.4. The highest BCUT2D eigenvalue weighted by Crippen LogP contribution is 2.23. The van der Waals surface area contributed by atoms with E-state index in [-0.39, 0.29) is 5.56 Å². The fraction of sp³-hybridized carbons (Fsp3) is 0.0588. The van der Waals surface area contributed by atoms with Crippen LogP contribution in [0.2, 0.25) is 0 Å². The summed E-state index contributed by atoms with van der Waals surface area (Å²) in [7, 11) is 0. The summed E-state index contributed by atoms with van der Waals surface area (Å²) in [6.45, 7) is 1.82. The number of rotatable bonds is 2. The number of nitrogens with one attached hydrogen (secondary N) is 1. The Balaban J connectivity index is 1.99. The Morgan fingerprint density at radius 1 is 1.19 bits per heavy atom. The van der Waals surface area contributed by atoms with Crippen LogP contribution in [0.4, 0.5) is 10.1 Å². The van der Waals surface area contributed by atoms with Crippen molar-refractivity contribution < 1.29 is 9.18 Å². The molecular weight excluding hydrogens is 267 g/mol. The van der Waals surface area contributed by atoms with Gasteiger partial charge in [0.1, 0.15) is 5.82 Å². The smallest absolute Gasteiger partial charge is 0.258 e. The van der Waals surface area contributed by atoms with Crippen molar-refractivity contribution in [3.63, 3.8) is 0 Å². The van der Waals surface area contributed by atoms with Crippen LogP contribution in [0.15, 0.2) is 54.9 Å². The molecule has 2 aromatic carbocycles. The van der Waals surface area contributed by atoms with Gasteiger partial charge in [-0.05, 0) is 31.2 Å². The zero-order chi connectivity index (χ0) is 14.8. The van der Waals surface area contributed by atoms with E-state index in [1.54, 1.807) is 24.5 Å². The molecule has 1 aromatic heterocycles. The van der Waals surface area contributed by atoms with Crippen molar-refractivity contribution in [2.24, 2.45) is 0 Å². The lowest BCUT2D eigenvalue weighted by atomic mass is 10.1. The highest BCUT2D eigenvalue weighted by atomic mass is 19.1. The van der Waals surface area contributed by atoms with Crippen molar-refractivity contribution in [1.82, 2.24) is 4.98 Å². The molecule has 0 aliphatic rings. The zero-order valence-corrected chi connectivity index (χ0v) is 11.4. The number of hydrogen-bond donors (Lipinski definition) is 1. The van der Waals surface area contributed by atoms with Crippen molar-refractivity contribution in [2.45, 2.75) is 6.92 Å². The van der Waals surface area contributed by atoms with Crippen LogP contribution in [-0.2, 0) is 0 Å². The lowest BCUT2D eigenvalue weighted by molar-refractivity contribution is 0.102. The predicted molar refractivity (Wildman–Crippen MR) is 80.8 cm³/mol. The molecule has 0 unspecified atom stereocenters. The van der Waals surface area contributed by atoms with Crippen LogP contribution < -0.4 is 5.32 Å². The molecule has 0 spiro atoms. The maximum atomic E-state index is 13.8. The van der Waals surface area contributed by atoms with Crippen molar-refractivity contribution in [3.05, 3.63) is 71.8 Å². The summed E-state index contributed by atoms with van der Waals surface area (Å²) in [4.78, 5) is 16.3. The first kappa shape index (κ1) is 13.2. The van der Waals surface area contributed by atoms with Crippen molar-refractivity contribution in [3.8, 4) is 0 Å². The molecule has 1 amide bonds. The molecule has 0 bridgehead atoms. The molecule has 0 fully saturated rings. The Kier molecular flexibility index (Phi) is 3.36. The Morgan fingerprint density at radius 2 is 2.05 bits per heavy atom. The average molecular weight is 280 g/mol. The number of benzene rings is 2. The van der Waals surface area contributed by atoms with Gasteiger partial charge < -0.3 is 5.32 Å². The average Bonchev–Trinajstić information content (AvgIpc) is 2.50. The lowest BCUT2D eigenvalue weighted by Crippen LogP contribution is -2.14. The number of amides is 1. The third-order valence-corrected chi connectivity index (χ3v) is 3.30. The summed E-state index contributed by atoms with van der Waals surface area (Å²) >= 11 is 0. The molecule has 4 heteroatoms. The summed E-state index contributed by atoms with van der Waals surface area (Å²) in [6.07, 6.45) is 3.38. The number of nitrogens with zero attached hydrogens (tertiary/aromatic N) is 1. The van der Waals surface area contributed by atoms with Gasteiger partial charge in [-0.2, -0.15) is 0 Å². The van der Waals surface area contributed by atoms with Crippen LogP contribution in [0.3, 0.4) is 0 Å². The number of carbonyl (C=O) groups excluding carboxylic acids is 1. The van der Waals surface area contributed by atoms with E-state index in [9.17, 15) is 9.18 Å². The molecule has 0 aliphatic carbocycles. The minimum absolute atomic E-state index is 0.0426. The van der Waals surface area contributed by atoms with Gasteiger partial charge in [0.25, 0.3) is 5.91 Å². The van der Waals surface area contributed by atoms with Crippen molar-refractivity contribution in [1.29, 1.82) is 0 Å². The summed E-state index contributed by atoms with van der Waals surface area (Å²) in [5, 5.41) is 4.55. The van der Waals surface area contributed by atoms with E-state index in [1.807, 2.05) is 25.1 Å². The third-order valence-electron chi connectivity index (χ3n) is 3.30. The van der Waals surface area contributed by atoms with Crippen molar-refractivity contribution >= 4 is 22.4 Å². The van der Waals surface area contributed by atoms with E-state index in [0.29, 0.717) is 5.69 Å². The van der Waals surface area contributed by atoms with Crippen molar-refractivity contribution in [2.75, 3.05) is 5.32 Å². The maximum absolute atomic E-state index is 13.8. The van der Waals surface area contributed by atoms with Crippen LogP contribution in [0.25, 0.3) is 10.8 Å². The Hall–Kier alpha value is -2.75. The number of pyridine rings is 1. The van der Waals surface area contributed by atoms with E-state index in [1.165, 1.54) is 12.1 Å². The minimum Gasteiger partial charge on any atom is -0.321 e. The van der Waals surface area contributed by atoms with Crippen LogP contribution in [0.5, 0.6) is 0 Å². The number of fused-ring (bicyclic) bond motifs is 1. The van der Waals surface area contributed by atoms with Gasteiger partial charge in [-0.25, -0.2) is 4.39 Å². The van der Waals surface area contributed by atoms with Gasteiger partial charge in [0.05, 0.1) is 5.56 Å².